The van der Waals surface area contributed by atoms with Crippen molar-refractivity contribution in [2.45, 2.75) is 44.6 Å². The minimum atomic E-state index is -0.0134. The van der Waals surface area contributed by atoms with E-state index in [1.807, 2.05) is 29.1 Å². The lowest BCUT2D eigenvalue weighted by Gasteiger charge is -2.17. The van der Waals surface area contributed by atoms with Crippen LogP contribution in [0.25, 0.3) is 5.69 Å². The van der Waals surface area contributed by atoms with E-state index >= 15 is 0 Å². The number of hydrogen-bond acceptors (Lipinski definition) is 2. The van der Waals surface area contributed by atoms with E-state index in [4.69, 9.17) is 5.73 Å². The third-order valence-corrected chi connectivity index (χ3v) is 4.21. The Morgan fingerprint density at radius 2 is 1.86 bits per heavy atom. The van der Waals surface area contributed by atoms with Gasteiger partial charge in [0.1, 0.15) is 0 Å². The van der Waals surface area contributed by atoms with Crippen LogP contribution < -0.4 is 5.73 Å². The number of nitrogens with two attached hydrogens (primary N) is 1. The lowest BCUT2D eigenvalue weighted by Crippen LogP contribution is -2.13. The Morgan fingerprint density at radius 1 is 1.05 bits per heavy atom. The standard InChI is InChI=1S/C18H23N3/c19-18(15-9-5-2-1-3-6-10-15)16-13-20-21(14-16)17-11-7-4-8-12-17/h4,7-9,11-14,18H,1-3,5-6,10,19H2/b15-9+. The Bertz CT molecular complexity index is 598. The highest BCUT2D eigenvalue weighted by atomic mass is 15.3. The Kier molecular flexibility index (Phi) is 4.51. The van der Waals surface area contributed by atoms with Crippen molar-refractivity contribution in [2.24, 2.45) is 5.73 Å². The van der Waals surface area contributed by atoms with Crippen LogP contribution in [0, 0.1) is 0 Å². The van der Waals surface area contributed by atoms with Crippen molar-refractivity contribution >= 4 is 0 Å². The van der Waals surface area contributed by atoms with Gasteiger partial charge in [-0.15, -0.1) is 0 Å². The summed E-state index contributed by atoms with van der Waals surface area (Å²) < 4.78 is 1.90. The first-order valence-corrected chi connectivity index (χ1v) is 7.89. The third kappa shape index (κ3) is 3.42. The summed E-state index contributed by atoms with van der Waals surface area (Å²) in [5.41, 5.74) is 10.0. The van der Waals surface area contributed by atoms with E-state index in [1.165, 1.54) is 31.3 Å². The summed E-state index contributed by atoms with van der Waals surface area (Å²) in [5.74, 6) is 0. The minimum absolute atomic E-state index is 0.0134. The largest absolute Gasteiger partial charge is 0.320 e. The molecule has 1 aromatic carbocycles. The second kappa shape index (κ2) is 6.72. The molecule has 0 fully saturated rings. The summed E-state index contributed by atoms with van der Waals surface area (Å²) in [4.78, 5) is 0. The second-order valence-corrected chi connectivity index (χ2v) is 5.76. The van der Waals surface area contributed by atoms with Crippen LogP contribution in [0.4, 0.5) is 0 Å². The maximum Gasteiger partial charge on any atom is 0.0645 e. The fraction of sp³-hybridized carbons (Fsp3) is 0.389. The van der Waals surface area contributed by atoms with E-state index in [-0.39, 0.29) is 6.04 Å². The number of para-hydroxylation sites is 1. The molecule has 2 N–H and O–H groups in total. The molecule has 2 aromatic rings. The molecule has 3 rings (SSSR count). The number of rotatable bonds is 3. The molecular weight excluding hydrogens is 258 g/mol. The number of hydrogen-bond donors (Lipinski definition) is 1. The van der Waals surface area contributed by atoms with Crippen LogP contribution in [0.3, 0.4) is 0 Å². The zero-order chi connectivity index (χ0) is 14.5. The van der Waals surface area contributed by atoms with Gasteiger partial charge in [0.2, 0.25) is 0 Å². The Morgan fingerprint density at radius 3 is 2.71 bits per heavy atom. The number of benzene rings is 1. The SMILES string of the molecule is NC(/C1=C/CCCCCC1)c1cnn(-c2ccccc2)c1. The van der Waals surface area contributed by atoms with Gasteiger partial charge in [0.05, 0.1) is 17.9 Å². The van der Waals surface area contributed by atoms with Crippen molar-refractivity contribution in [1.29, 1.82) is 0 Å². The van der Waals surface area contributed by atoms with Gasteiger partial charge in [0.25, 0.3) is 0 Å². The Labute approximate surface area is 126 Å². The maximum atomic E-state index is 6.46. The predicted octanol–water partition coefficient (Wildman–Crippen LogP) is 4.15. The molecule has 3 heteroatoms. The lowest BCUT2D eigenvalue weighted by atomic mass is 9.93. The molecule has 0 saturated carbocycles. The van der Waals surface area contributed by atoms with Gasteiger partial charge >= 0.3 is 0 Å². The van der Waals surface area contributed by atoms with E-state index in [9.17, 15) is 0 Å². The molecule has 1 heterocycles. The molecule has 0 bridgehead atoms. The maximum absolute atomic E-state index is 6.46. The highest BCUT2D eigenvalue weighted by Gasteiger charge is 2.15. The van der Waals surface area contributed by atoms with Crippen molar-refractivity contribution in [3.05, 3.63) is 59.9 Å². The highest BCUT2D eigenvalue weighted by Crippen LogP contribution is 2.27. The molecule has 110 valence electrons. The molecule has 0 spiro atoms. The molecule has 1 atom stereocenters. The monoisotopic (exact) mass is 281 g/mol. The molecule has 0 aliphatic heterocycles. The summed E-state index contributed by atoms with van der Waals surface area (Å²) in [6.07, 6.45) is 13.8. The molecule has 3 nitrogen and oxygen atoms in total. The first-order chi connectivity index (χ1) is 10.3. The highest BCUT2D eigenvalue weighted by molar-refractivity contribution is 5.33. The molecule has 1 aromatic heterocycles. The molecule has 0 radical (unpaired) electrons. The van der Waals surface area contributed by atoms with Gasteiger partial charge in [-0.25, -0.2) is 4.68 Å². The van der Waals surface area contributed by atoms with E-state index in [2.05, 4.69) is 29.5 Å². The third-order valence-electron chi connectivity index (χ3n) is 4.21. The predicted molar refractivity (Wildman–Crippen MR) is 86.3 cm³/mol. The fourth-order valence-corrected chi connectivity index (χ4v) is 2.93. The van der Waals surface area contributed by atoms with E-state index in [0.29, 0.717) is 0 Å². The van der Waals surface area contributed by atoms with Gasteiger partial charge in [-0.2, -0.15) is 5.10 Å². The van der Waals surface area contributed by atoms with Crippen LogP contribution >= 0.6 is 0 Å². The van der Waals surface area contributed by atoms with Crippen LogP contribution in [0.1, 0.15) is 50.1 Å². The summed E-state index contributed by atoms with van der Waals surface area (Å²) in [7, 11) is 0. The van der Waals surface area contributed by atoms with Crippen LogP contribution in [-0.4, -0.2) is 9.78 Å². The van der Waals surface area contributed by atoms with Crippen molar-refractivity contribution in [3.63, 3.8) is 0 Å². The Hall–Kier alpha value is -1.87. The quantitative estimate of drug-likeness (QED) is 0.859. The van der Waals surface area contributed by atoms with E-state index in [1.54, 1.807) is 0 Å². The van der Waals surface area contributed by atoms with Crippen molar-refractivity contribution in [3.8, 4) is 5.69 Å². The fourth-order valence-electron chi connectivity index (χ4n) is 2.93. The van der Waals surface area contributed by atoms with Gasteiger partial charge in [0, 0.05) is 11.8 Å². The molecule has 1 aliphatic carbocycles. The van der Waals surface area contributed by atoms with Crippen molar-refractivity contribution < 1.29 is 0 Å². The van der Waals surface area contributed by atoms with Crippen LogP contribution in [0.2, 0.25) is 0 Å². The van der Waals surface area contributed by atoms with Gasteiger partial charge in [-0.3, -0.25) is 0 Å². The number of aromatic nitrogens is 2. The average Bonchev–Trinajstić information content (AvgIpc) is 2.97. The first-order valence-electron chi connectivity index (χ1n) is 7.89. The van der Waals surface area contributed by atoms with Gasteiger partial charge in [0.15, 0.2) is 0 Å². The van der Waals surface area contributed by atoms with Gasteiger partial charge in [-0.1, -0.05) is 42.7 Å². The van der Waals surface area contributed by atoms with Crippen LogP contribution in [-0.2, 0) is 0 Å². The summed E-state index contributed by atoms with van der Waals surface area (Å²) >= 11 is 0. The molecular formula is C18H23N3. The number of nitrogens with zero attached hydrogens (tertiary/aromatic N) is 2. The lowest BCUT2D eigenvalue weighted by molar-refractivity contribution is 0.602. The minimum Gasteiger partial charge on any atom is -0.320 e. The Balaban J connectivity index is 1.79. The van der Waals surface area contributed by atoms with E-state index in [0.717, 1.165) is 24.1 Å². The topological polar surface area (TPSA) is 43.8 Å². The molecule has 1 unspecified atom stereocenters. The molecule has 0 amide bonds. The molecule has 21 heavy (non-hydrogen) atoms. The first kappa shape index (κ1) is 14.1. The zero-order valence-electron chi connectivity index (χ0n) is 12.4. The van der Waals surface area contributed by atoms with E-state index < -0.39 is 0 Å². The molecule has 0 saturated heterocycles. The van der Waals surface area contributed by atoms with Crippen LogP contribution in [0.15, 0.2) is 54.4 Å². The molecule has 1 aliphatic rings. The summed E-state index contributed by atoms with van der Waals surface area (Å²) in [6.45, 7) is 0. The smallest absolute Gasteiger partial charge is 0.0645 e. The second-order valence-electron chi connectivity index (χ2n) is 5.76. The normalized spacial score (nSPS) is 20.1. The van der Waals surface area contributed by atoms with Crippen molar-refractivity contribution in [1.82, 2.24) is 9.78 Å². The summed E-state index contributed by atoms with van der Waals surface area (Å²) in [6, 6.07) is 10.1. The number of allylic oxidation sites excluding steroid dienone is 1. The van der Waals surface area contributed by atoms with Crippen molar-refractivity contribution in [2.75, 3.05) is 0 Å². The zero-order valence-corrected chi connectivity index (χ0v) is 12.4. The van der Waals surface area contributed by atoms with Crippen LogP contribution in [0.5, 0.6) is 0 Å². The van der Waals surface area contributed by atoms with Gasteiger partial charge < -0.3 is 5.73 Å². The van der Waals surface area contributed by atoms with Gasteiger partial charge in [-0.05, 0) is 37.8 Å². The average molecular weight is 281 g/mol. The summed E-state index contributed by atoms with van der Waals surface area (Å²) in [5, 5.41) is 4.45.